The first-order valence-electron chi connectivity index (χ1n) is 6.62. The number of hydrogen-bond acceptors (Lipinski definition) is 5. The van der Waals surface area contributed by atoms with Gasteiger partial charge in [0.15, 0.2) is 0 Å². The van der Waals surface area contributed by atoms with Crippen LogP contribution in [0.5, 0.6) is 0 Å². The van der Waals surface area contributed by atoms with Gasteiger partial charge >= 0.3 is 0 Å². The second kappa shape index (κ2) is 4.75. The lowest BCUT2D eigenvalue weighted by Gasteiger charge is -2.27. The van der Waals surface area contributed by atoms with Gasteiger partial charge in [-0.2, -0.15) is 5.10 Å². The largest absolute Gasteiger partial charge is 0.369 e. The Hall–Kier alpha value is -2.15. The van der Waals surface area contributed by atoms with E-state index in [1.54, 1.807) is 0 Å². The molecule has 3 heterocycles. The van der Waals surface area contributed by atoms with Gasteiger partial charge in [-0.05, 0) is 13.0 Å². The highest BCUT2D eigenvalue weighted by Gasteiger charge is 2.21. The number of nitrogens with one attached hydrogen (secondary N) is 1. The van der Waals surface area contributed by atoms with Crippen molar-refractivity contribution in [2.24, 2.45) is 7.05 Å². The summed E-state index contributed by atoms with van der Waals surface area (Å²) in [4.78, 5) is 20.9. The summed E-state index contributed by atoms with van der Waals surface area (Å²) >= 11 is 0. The molecule has 0 saturated heterocycles. The van der Waals surface area contributed by atoms with Gasteiger partial charge in [-0.1, -0.05) is 0 Å². The highest BCUT2D eigenvalue weighted by atomic mass is 16.1. The molecule has 0 fully saturated rings. The van der Waals surface area contributed by atoms with E-state index >= 15 is 0 Å². The summed E-state index contributed by atoms with van der Waals surface area (Å²) in [6.45, 7) is 4.22. The van der Waals surface area contributed by atoms with E-state index < -0.39 is 0 Å². The number of anilines is 1. The summed E-state index contributed by atoms with van der Waals surface area (Å²) in [6.07, 6.45) is 0.750. The number of aryl methyl sites for hydroxylation is 2. The summed E-state index contributed by atoms with van der Waals surface area (Å²) in [5, 5.41) is 4.34. The van der Waals surface area contributed by atoms with Gasteiger partial charge in [-0.15, -0.1) is 0 Å². The minimum atomic E-state index is -0.126. The summed E-state index contributed by atoms with van der Waals surface area (Å²) in [6, 6.07) is 2.07. The molecule has 3 rings (SSSR count). The quantitative estimate of drug-likeness (QED) is 0.801. The predicted octanol–water partition coefficient (Wildman–Crippen LogP) is -0.0477. The zero-order valence-corrected chi connectivity index (χ0v) is 11.7. The highest BCUT2D eigenvalue weighted by molar-refractivity contribution is 5.27. The van der Waals surface area contributed by atoms with E-state index in [0.29, 0.717) is 6.54 Å². The predicted molar refractivity (Wildman–Crippen MR) is 75.0 cm³/mol. The van der Waals surface area contributed by atoms with Gasteiger partial charge in [0.2, 0.25) is 5.95 Å². The van der Waals surface area contributed by atoms with E-state index in [9.17, 15) is 4.79 Å². The maximum atomic E-state index is 11.9. The summed E-state index contributed by atoms with van der Waals surface area (Å²) in [5.41, 5.74) is 9.15. The number of nitrogens with zero attached hydrogens (tertiary/aromatic N) is 4. The topological polar surface area (TPSA) is 92.8 Å². The maximum Gasteiger partial charge on any atom is 0.257 e. The normalized spacial score (nSPS) is 15.3. The Morgan fingerprint density at radius 3 is 3.00 bits per heavy atom. The minimum absolute atomic E-state index is 0.126. The van der Waals surface area contributed by atoms with Crippen molar-refractivity contribution in [3.63, 3.8) is 0 Å². The standard InChI is InChI=1S/C13H18N6O/c1-8-5-9(18(2)17-8)6-19-4-3-11-10(7-19)12(20)16-13(14)15-11/h5H,3-4,6-7H2,1-2H3,(H3,14,15,16,20). The molecule has 0 spiro atoms. The number of H-pyrrole nitrogens is 1. The van der Waals surface area contributed by atoms with Crippen LogP contribution >= 0.6 is 0 Å². The van der Waals surface area contributed by atoms with Crippen LogP contribution in [0.1, 0.15) is 22.6 Å². The average molecular weight is 274 g/mol. The second-order valence-corrected chi connectivity index (χ2v) is 5.24. The van der Waals surface area contributed by atoms with Gasteiger partial charge in [0.05, 0.1) is 22.6 Å². The van der Waals surface area contributed by atoms with Crippen molar-refractivity contribution in [1.82, 2.24) is 24.6 Å². The van der Waals surface area contributed by atoms with E-state index in [1.807, 2.05) is 18.7 Å². The third-order valence-electron chi connectivity index (χ3n) is 3.65. The van der Waals surface area contributed by atoms with Gasteiger partial charge in [-0.25, -0.2) is 4.98 Å². The van der Waals surface area contributed by atoms with Crippen molar-refractivity contribution >= 4 is 5.95 Å². The number of aromatic amines is 1. The lowest BCUT2D eigenvalue weighted by atomic mass is 10.1. The molecule has 0 atom stereocenters. The van der Waals surface area contributed by atoms with Crippen LogP contribution in [0.2, 0.25) is 0 Å². The lowest BCUT2D eigenvalue weighted by Crippen LogP contribution is -2.36. The molecule has 2 aromatic rings. The summed E-state index contributed by atoms with van der Waals surface area (Å²) in [5.74, 6) is 0.199. The molecule has 1 aliphatic heterocycles. The maximum absolute atomic E-state index is 11.9. The van der Waals surface area contributed by atoms with E-state index in [2.05, 4.69) is 26.0 Å². The number of hydrogen-bond donors (Lipinski definition) is 2. The Bertz CT molecular complexity index is 701. The van der Waals surface area contributed by atoms with Crippen LogP contribution in [0.25, 0.3) is 0 Å². The molecule has 0 unspecified atom stereocenters. The van der Waals surface area contributed by atoms with Gasteiger partial charge in [0, 0.05) is 33.1 Å². The van der Waals surface area contributed by atoms with Crippen LogP contribution in [0.4, 0.5) is 5.95 Å². The fraction of sp³-hybridized carbons (Fsp3) is 0.462. The van der Waals surface area contributed by atoms with Gasteiger partial charge < -0.3 is 5.73 Å². The van der Waals surface area contributed by atoms with E-state index in [1.165, 1.54) is 0 Å². The molecule has 1 aliphatic rings. The van der Waals surface area contributed by atoms with Gasteiger partial charge in [-0.3, -0.25) is 19.4 Å². The number of fused-ring (bicyclic) bond motifs is 1. The zero-order chi connectivity index (χ0) is 14.3. The Labute approximate surface area is 116 Å². The van der Waals surface area contributed by atoms with Gasteiger partial charge in [0.25, 0.3) is 5.56 Å². The van der Waals surface area contributed by atoms with Gasteiger partial charge in [0.1, 0.15) is 0 Å². The van der Waals surface area contributed by atoms with Crippen LogP contribution < -0.4 is 11.3 Å². The van der Waals surface area contributed by atoms with Crippen molar-refractivity contribution in [3.05, 3.63) is 39.1 Å². The van der Waals surface area contributed by atoms with Crippen LogP contribution in [0, 0.1) is 6.92 Å². The third-order valence-corrected chi connectivity index (χ3v) is 3.65. The van der Waals surface area contributed by atoms with Crippen molar-refractivity contribution < 1.29 is 0 Å². The molecule has 0 radical (unpaired) electrons. The van der Waals surface area contributed by atoms with E-state index in [4.69, 9.17) is 5.73 Å². The number of aromatic nitrogens is 4. The van der Waals surface area contributed by atoms with Crippen LogP contribution in [0.15, 0.2) is 10.9 Å². The first-order chi connectivity index (χ1) is 9.52. The molecule has 20 heavy (non-hydrogen) atoms. The fourth-order valence-electron chi connectivity index (χ4n) is 2.68. The first kappa shape index (κ1) is 12.9. The summed E-state index contributed by atoms with van der Waals surface area (Å²) < 4.78 is 1.89. The molecule has 7 heteroatoms. The van der Waals surface area contributed by atoms with Crippen LogP contribution in [0.3, 0.4) is 0 Å². The molecule has 0 saturated carbocycles. The monoisotopic (exact) mass is 274 g/mol. The Kier molecular flexibility index (Phi) is 3.06. The number of nitrogen functional groups attached to an aromatic ring is 1. The number of rotatable bonds is 2. The first-order valence-corrected chi connectivity index (χ1v) is 6.62. The molecule has 0 aliphatic carbocycles. The highest BCUT2D eigenvalue weighted by Crippen LogP contribution is 2.16. The molecule has 3 N–H and O–H groups in total. The Morgan fingerprint density at radius 2 is 2.30 bits per heavy atom. The lowest BCUT2D eigenvalue weighted by molar-refractivity contribution is 0.235. The Morgan fingerprint density at radius 1 is 1.50 bits per heavy atom. The molecular formula is C13H18N6O. The smallest absolute Gasteiger partial charge is 0.257 e. The molecule has 0 aromatic carbocycles. The minimum Gasteiger partial charge on any atom is -0.369 e. The van der Waals surface area contributed by atoms with E-state index in [-0.39, 0.29) is 11.5 Å². The average Bonchev–Trinajstić information content (AvgIpc) is 2.68. The SMILES string of the molecule is Cc1cc(CN2CCc3nc(N)[nH]c(=O)c3C2)n(C)n1. The summed E-state index contributed by atoms with van der Waals surface area (Å²) in [7, 11) is 1.94. The zero-order valence-electron chi connectivity index (χ0n) is 11.7. The molecule has 0 bridgehead atoms. The molecular weight excluding hydrogens is 256 g/mol. The molecule has 2 aromatic heterocycles. The van der Waals surface area contributed by atoms with Crippen molar-refractivity contribution in [3.8, 4) is 0 Å². The third kappa shape index (κ3) is 2.32. The van der Waals surface area contributed by atoms with Crippen molar-refractivity contribution in [2.75, 3.05) is 12.3 Å². The molecule has 0 amide bonds. The van der Waals surface area contributed by atoms with Crippen molar-refractivity contribution in [2.45, 2.75) is 26.4 Å². The van der Waals surface area contributed by atoms with E-state index in [0.717, 1.165) is 42.2 Å². The Balaban J connectivity index is 1.82. The fourth-order valence-corrected chi connectivity index (χ4v) is 2.68. The number of nitrogens with two attached hydrogens (primary N) is 1. The molecule has 106 valence electrons. The molecule has 7 nitrogen and oxygen atoms in total. The van der Waals surface area contributed by atoms with Crippen molar-refractivity contribution in [1.29, 1.82) is 0 Å². The van der Waals surface area contributed by atoms with Crippen LogP contribution in [-0.4, -0.2) is 31.2 Å². The second-order valence-electron chi connectivity index (χ2n) is 5.24. The van der Waals surface area contributed by atoms with Crippen LogP contribution in [-0.2, 0) is 26.6 Å².